The molecule has 0 unspecified atom stereocenters. The molecule has 110 valence electrons. The van der Waals surface area contributed by atoms with Gasteiger partial charge in [0.15, 0.2) is 5.96 Å². The zero-order valence-corrected chi connectivity index (χ0v) is 12.2. The van der Waals surface area contributed by atoms with Crippen molar-refractivity contribution in [2.45, 2.75) is 38.1 Å². The molecule has 0 amide bonds. The number of hydrogen-bond donors (Lipinski definition) is 1. The fourth-order valence-corrected chi connectivity index (χ4v) is 2.64. The van der Waals surface area contributed by atoms with E-state index in [9.17, 15) is 0 Å². The lowest BCUT2D eigenvalue weighted by Crippen LogP contribution is -2.41. The van der Waals surface area contributed by atoms with Crippen LogP contribution in [0.2, 0.25) is 0 Å². The molecule has 2 N–H and O–H groups in total. The van der Waals surface area contributed by atoms with E-state index in [1.807, 2.05) is 0 Å². The largest absolute Gasteiger partial charge is 0.383 e. The van der Waals surface area contributed by atoms with E-state index in [4.69, 9.17) is 10.5 Å². The number of aliphatic imine (C=N–C) groups is 1. The van der Waals surface area contributed by atoms with Crippen LogP contribution in [-0.4, -0.2) is 68.2 Å². The zero-order valence-electron chi connectivity index (χ0n) is 12.2. The second-order valence-electron chi connectivity index (χ2n) is 5.55. The van der Waals surface area contributed by atoms with Crippen LogP contribution in [0, 0.1) is 0 Å². The summed E-state index contributed by atoms with van der Waals surface area (Å²) in [5, 5.41) is 0. The normalized spacial score (nSPS) is 21.2. The van der Waals surface area contributed by atoms with Crippen LogP contribution in [0.25, 0.3) is 0 Å². The third kappa shape index (κ3) is 4.99. The highest BCUT2D eigenvalue weighted by molar-refractivity contribution is 5.78. The molecule has 19 heavy (non-hydrogen) atoms. The molecule has 0 aromatic heterocycles. The van der Waals surface area contributed by atoms with Crippen LogP contribution in [0.15, 0.2) is 4.99 Å². The highest BCUT2D eigenvalue weighted by Crippen LogP contribution is 2.26. The molecular formula is C14H28N4O. The first-order chi connectivity index (χ1) is 9.31. The van der Waals surface area contributed by atoms with E-state index in [-0.39, 0.29) is 0 Å². The maximum absolute atomic E-state index is 6.06. The number of rotatable bonds is 7. The van der Waals surface area contributed by atoms with Crippen molar-refractivity contribution in [1.82, 2.24) is 9.80 Å². The zero-order chi connectivity index (χ0) is 13.5. The predicted molar refractivity (Wildman–Crippen MR) is 78.4 cm³/mol. The first-order valence-electron chi connectivity index (χ1n) is 7.59. The number of piperidine rings is 1. The Bertz CT molecular complexity index is 285. The molecule has 0 radical (unpaired) electrons. The van der Waals surface area contributed by atoms with Crippen molar-refractivity contribution < 1.29 is 4.74 Å². The molecular weight excluding hydrogens is 240 g/mol. The Balaban J connectivity index is 1.70. The summed E-state index contributed by atoms with van der Waals surface area (Å²) in [5.74, 6) is 0.738. The van der Waals surface area contributed by atoms with Crippen LogP contribution >= 0.6 is 0 Å². The Hall–Kier alpha value is -0.810. The van der Waals surface area contributed by atoms with Crippen LogP contribution in [0.1, 0.15) is 32.1 Å². The van der Waals surface area contributed by atoms with Crippen molar-refractivity contribution >= 4 is 5.96 Å². The second kappa shape index (κ2) is 7.70. The predicted octanol–water partition coefficient (Wildman–Crippen LogP) is 0.898. The maximum atomic E-state index is 6.06. The fraction of sp³-hybridized carbons (Fsp3) is 0.929. The summed E-state index contributed by atoms with van der Waals surface area (Å²) in [4.78, 5) is 9.25. The van der Waals surface area contributed by atoms with Gasteiger partial charge >= 0.3 is 0 Å². The monoisotopic (exact) mass is 268 g/mol. The molecule has 1 saturated heterocycles. The molecule has 1 saturated carbocycles. The van der Waals surface area contributed by atoms with Gasteiger partial charge in [-0.05, 0) is 32.1 Å². The van der Waals surface area contributed by atoms with E-state index >= 15 is 0 Å². The smallest absolute Gasteiger partial charge is 0.191 e. The molecule has 0 aromatic rings. The van der Waals surface area contributed by atoms with Crippen molar-refractivity contribution in [3.8, 4) is 0 Å². The Morgan fingerprint density at radius 1 is 1.26 bits per heavy atom. The Morgan fingerprint density at radius 3 is 2.63 bits per heavy atom. The summed E-state index contributed by atoms with van der Waals surface area (Å²) in [7, 11) is 1.76. The van der Waals surface area contributed by atoms with E-state index in [0.29, 0.717) is 0 Å². The molecule has 1 aliphatic heterocycles. The van der Waals surface area contributed by atoms with Crippen molar-refractivity contribution in [1.29, 1.82) is 0 Å². The molecule has 0 spiro atoms. The van der Waals surface area contributed by atoms with Crippen LogP contribution in [0.5, 0.6) is 0 Å². The van der Waals surface area contributed by atoms with Gasteiger partial charge in [0.1, 0.15) is 0 Å². The standard InChI is InChI=1S/C14H28N4O/c1-19-12-11-17(13-5-6-13)10-7-16-14(15)18-8-3-2-4-9-18/h13H,2-12H2,1H3,(H2,15,16). The van der Waals surface area contributed by atoms with Gasteiger partial charge in [0.2, 0.25) is 0 Å². The van der Waals surface area contributed by atoms with Gasteiger partial charge in [-0.15, -0.1) is 0 Å². The fourth-order valence-electron chi connectivity index (χ4n) is 2.64. The molecule has 1 aliphatic carbocycles. The molecule has 1 heterocycles. The molecule has 5 heteroatoms. The van der Waals surface area contributed by atoms with Gasteiger partial charge in [-0.1, -0.05) is 0 Å². The number of likely N-dealkylation sites (tertiary alicyclic amines) is 1. The minimum absolute atomic E-state index is 0.738. The third-order valence-corrected chi connectivity index (χ3v) is 3.99. The van der Waals surface area contributed by atoms with Crippen LogP contribution in [0.4, 0.5) is 0 Å². The second-order valence-corrected chi connectivity index (χ2v) is 5.55. The van der Waals surface area contributed by atoms with Crippen molar-refractivity contribution in [2.75, 3.05) is 46.4 Å². The average Bonchev–Trinajstić information content (AvgIpc) is 3.28. The van der Waals surface area contributed by atoms with Crippen molar-refractivity contribution in [2.24, 2.45) is 10.7 Å². The lowest BCUT2D eigenvalue weighted by Gasteiger charge is -2.27. The van der Waals surface area contributed by atoms with Gasteiger partial charge in [0.05, 0.1) is 13.2 Å². The van der Waals surface area contributed by atoms with Crippen LogP contribution in [-0.2, 0) is 4.74 Å². The Kier molecular flexibility index (Phi) is 5.92. The van der Waals surface area contributed by atoms with Gasteiger partial charge in [-0.25, -0.2) is 0 Å². The average molecular weight is 268 g/mol. The summed E-state index contributed by atoms with van der Waals surface area (Å²) < 4.78 is 5.16. The molecule has 0 aromatic carbocycles. The van der Waals surface area contributed by atoms with Crippen LogP contribution in [0.3, 0.4) is 0 Å². The lowest BCUT2D eigenvalue weighted by molar-refractivity contribution is 0.145. The summed E-state index contributed by atoms with van der Waals surface area (Å²) in [6, 6.07) is 0.765. The molecule has 2 rings (SSSR count). The molecule has 0 bridgehead atoms. The van der Waals surface area contributed by atoms with E-state index in [1.54, 1.807) is 7.11 Å². The van der Waals surface area contributed by atoms with E-state index in [0.717, 1.165) is 51.3 Å². The lowest BCUT2D eigenvalue weighted by atomic mass is 10.1. The summed E-state index contributed by atoms with van der Waals surface area (Å²) in [6.07, 6.45) is 6.48. The van der Waals surface area contributed by atoms with Gasteiger partial charge < -0.3 is 15.4 Å². The summed E-state index contributed by atoms with van der Waals surface area (Å²) in [6.45, 7) is 5.78. The first kappa shape index (κ1) is 14.6. The van der Waals surface area contributed by atoms with Gasteiger partial charge in [0, 0.05) is 39.3 Å². The minimum Gasteiger partial charge on any atom is -0.383 e. The third-order valence-electron chi connectivity index (χ3n) is 3.99. The molecule has 5 nitrogen and oxygen atoms in total. The Morgan fingerprint density at radius 2 is 2.00 bits per heavy atom. The number of nitrogens with zero attached hydrogens (tertiary/aromatic N) is 3. The number of hydrogen-bond acceptors (Lipinski definition) is 3. The van der Waals surface area contributed by atoms with E-state index in [2.05, 4.69) is 14.8 Å². The SMILES string of the molecule is COCCN(CCN=C(N)N1CCCCC1)C1CC1. The quantitative estimate of drug-likeness (QED) is 0.550. The van der Waals surface area contributed by atoms with Crippen molar-refractivity contribution in [3.63, 3.8) is 0 Å². The summed E-state index contributed by atoms with van der Waals surface area (Å²) >= 11 is 0. The first-order valence-corrected chi connectivity index (χ1v) is 7.59. The summed E-state index contributed by atoms with van der Waals surface area (Å²) in [5.41, 5.74) is 6.06. The van der Waals surface area contributed by atoms with Gasteiger partial charge in [-0.3, -0.25) is 9.89 Å². The molecule has 2 aliphatic rings. The topological polar surface area (TPSA) is 54.1 Å². The number of nitrogens with two attached hydrogens (primary N) is 1. The van der Waals surface area contributed by atoms with Crippen molar-refractivity contribution in [3.05, 3.63) is 0 Å². The van der Waals surface area contributed by atoms with E-state index in [1.165, 1.54) is 32.1 Å². The van der Waals surface area contributed by atoms with Gasteiger partial charge in [0.25, 0.3) is 0 Å². The highest BCUT2D eigenvalue weighted by Gasteiger charge is 2.28. The molecule has 0 atom stereocenters. The van der Waals surface area contributed by atoms with E-state index < -0.39 is 0 Å². The number of methoxy groups -OCH3 is 1. The maximum Gasteiger partial charge on any atom is 0.191 e. The number of ether oxygens (including phenoxy) is 1. The number of guanidine groups is 1. The Labute approximate surface area is 116 Å². The molecule has 2 fully saturated rings. The van der Waals surface area contributed by atoms with Crippen LogP contribution < -0.4 is 5.73 Å². The highest BCUT2D eigenvalue weighted by atomic mass is 16.5. The van der Waals surface area contributed by atoms with Gasteiger partial charge in [-0.2, -0.15) is 0 Å². The minimum atomic E-state index is 0.738.